The molecule has 1 aliphatic rings. The maximum atomic E-state index is 12.1. The van der Waals surface area contributed by atoms with E-state index in [1.54, 1.807) is 19.1 Å². The smallest absolute Gasteiger partial charge is 0.260 e. The highest BCUT2D eigenvalue weighted by Crippen LogP contribution is 2.24. The first kappa shape index (κ1) is 15.1. The maximum absolute atomic E-state index is 12.1. The van der Waals surface area contributed by atoms with E-state index in [0.717, 1.165) is 25.9 Å². The molecule has 1 heterocycles. The van der Waals surface area contributed by atoms with Crippen molar-refractivity contribution in [1.29, 1.82) is 0 Å². The molecule has 0 aromatic heterocycles. The molecule has 1 saturated heterocycles. The van der Waals surface area contributed by atoms with E-state index in [-0.39, 0.29) is 11.9 Å². The summed E-state index contributed by atoms with van der Waals surface area (Å²) in [5, 5.41) is 3.57. The Morgan fingerprint density at radius 2 is 2.05 bits per heavy atom. The van der Waals surface area contributed by atoms with Crippen LogP contribution < -0.4 is 10.1 Å². The number of para-hydroxylation sites is 1. The quantitative estimate of drug-likeness (QED) is 0.927. The first-order valence-electron chi connectivity index (χ1n) is 6.96. The zero-order chi connectivity index (χ0) is 14.5. The number of nitrogens with one attached hydrogen (secondary N) is 1. The van der Waals surface area contributed by atoms with Crippen molar-refractivity contribution >= 4 is 17.5 Å². The van der Waals surface area contributed by atoms with Crippen molar-refractivity contribution in [1.82, 2.24) is 10.2 Å². The lowest BCUT2D eigenvalue weighted by atomic mass is 10.1. The summed E-state index contributed by atoms with van der Waals surface area (Å²) in [6.45, 7) is 3.78. The van der Waals surface area contributed by atoms with Gasteiger partial charge in [-0.3, -0.25) is 4.79 Å². The van der Waals surface area contributed by atoms with Gasteiger partial charge in [0.05, 0.1) is 5.02 Å². The highest BCUT2D eigenvalue weighted by atomic mass is 35.5. The molecule has 110 valence electrons. The summed E-state index contributed by atoms with van der Waals surface area (Å²) in [5.41, 5.74) is 0. The molecule has 1 N–H and O–H groups in total. The van der Waals surface area contributed by atoms with Crippen LogP contribution in [-0.4, -0.2) is 43.1 Å². The molecule has 0 radical (unpaired) electrons. The molecule has 0 saturated carbocycles. The topological polar surface area (TPSA) is 41.6 Å². The van der Waals surface area contributed by atoms with E-state index in [2.05, 4.69) is 17.3 Å². The van der Waals surface area contributed by atoms with Crippen molar-refractivity contribution in [2.24, 2.45) is 0 Å². The van der Waals surface area contributed by atoms with Crippen LogP contribution in [0.15, 0.2) is 24.3 Å². The number of halogens is 1. The number of benzene rings is 1. The fourth-order valence-electron chi connectivity index (χ4n) is 2.26. The molecular formula is C15H21ClN2O2. The van der Waals surface area contributed by atoms with Crippen LogP contribution in [0.5, 0.6) is 5.75 Å². The first-order valence-corrected chi connectivity index (χ1v) is 7.34. The summed E-state index contributed by atoms with van der Waals surface area (Å²) in [6, 6.07) is 7.43. The number of ether oxygens (including phenoxy) is 1. The van der Waals surface area contributed by atoms with E-state index in [4.69, 9.17) is 16.3 Å². The van der Waals surface area contributed by atoms with E-state index < -0.39 is 6.10 Å². The molecule has 1 amide bonds. The van der Waals surface area contributed by atoms with Crippen LogP contribution >= 0.6 is 11.6 Å². The summed E-state index contributed by atoms with van der Waals surface area (Å²) in [4.78, 5) is 14.4. The number of carbonyl (C=O) groups excluding carboxylic acids is 1. The molecule has 1 atom stereocenters. The second kappa shape index (κ2) is 6.95. The molecule has 20 heavy (non-hydrogen) atoms. The number of piperidine rings is 1. The predicted molar refractivity (Wildman–Crippen MR) is 80.2 cm³/mol. The number of rotatable bonds is 4. The lowest BCUT2D eigenvalue weighted by Gasteiger charge is -2.30. The molecule has 1 fully saturated rings. The third-order valence-corrected chi connectivity index (χ3v) is 3.89. The van der Waals surface area contributed by atoms with Crippen LogP contribution in [0.1, 0.15) is 19.8 Å². The molecule has 0 aliphatic carbocycles. The molecular weight excluding hydrogens is 276 g/mol. The minimum Gasteiger partial charge on any atom is -0.479 e. The molecule has 4 nitrogen and oxygen atoms in total. The van der Waals surface area contributed by atoms with Crippen LogP contribution in [0.3, 0.4) is 0 Å². The fraction of sp³-hybridized carbons (Fsp3) is 0.533. The molecule has 0 bridgehead atoms. The van der Waals surface area contributed by atoms with E-state index in [0.29, 0.717) is 10.8 Å². The molecule has 1 aliphatic heterocycles. The monoisotopic (exact) mass is 296 g/mol. The lowest BCUT2D eigenvalue weighted by Crippen LogP contribution is -2.47. The first-order chi connectivity index (χ1) is 9.56. The Kier molecular flexibility index (Phi) is 5.26. The van der Waals surface area contributed by atoms with E-state index in [9.17, 15) is 4.79 Å². The fourth-order valence-corrected chi connectivity index (χ4v) is 2.44. The normalized spacial score (nSPS) is 18.6. The summed E-state index contributed by atoms with van der Waals surface area (Å²) >= 11 is 6.02. The Labute approximate surface area is 125 Å². The highest BCUT2D eigenvalue weighted by Gasteiger charge is 2.22. The van der Waals surface area contributed by atoms with Crippen LogP contribution in [0.4, 0.5) is 0 Å². The number of hydrogen-bond acceptors (Lipinski definition) is 3. The van der Waals surface area contributed by atoms with Crippen molar-refractivity contribution in [3.8, 4) is 5.75 Å². The van der Waals surface area contributed by atoms with Gasteiger partial charge in [-0.1, -0.05) is 23.7 Å². The van der Waals surface area contributed by atoms with Crippen LogP contribution in [-0.2, 0) is 4.79 Å². The van der Waals surface area contributed by atoms with Crippen molar-refractivity contribution in [2.75, 3.05) is 20.1 Å². The molecule has 1 aromatic carbocycles. The van der Waals surface area contributed by atoms with Crippen molar-refractivity contribution < 1.29 is 9.53 Å². The second-order valence-corrected chi connectivity index (χ2v) is 5.68. The summed E-state index contributed by atoms with van der Waals surface area (Å²) < 4.78 is 5.62. The van der Waals surface area contributed by atoms with Gasteiger partial charge in [0, 0.05) is 6.04 Å². The minimum atomic E-state index is -0.547. The van der Waals surface area contributed by atoms with Gasteiger partial charge in [0.1, 0.15) is 5.75 Å². The van der Waals surface area contributed by atoms with Crippen molar-refractivity contribution in [3.05, 3.63) is 29.3 Å². The van der Waals surface area contributed by atoms with Gasteiger partial charge < -0.3 is 15.0 Å². The number of carbonyl (C=O) groups is 1. The average molecular weight is 297 g/mol. The van der Waals surface area contributed by atoms with Crippen LogP contribution in [0.2, 0.25) is 5.02 Å². The Hall–Kier alpha value is -1.26. The Morgan fingerprint density at radius 3 is 2.70 bits per heavy atom. The average Bonchev–Trinajstić information content (AvgIpc) is 2.44. The van der Waals surface area contributed by atoms with Gasteiger partial charge in [0.25, 0.3) is 5.91 Å². The molecule has 0 spiro atoms. The number of likely N-dealkylation sites (tertiary alicyclic amines) is 1. The lowest BCUT2D eigenvalue weighted by molar-refractivity contribution is -0.128. The van der Waals surface area contributed by atoms with Gasteiger partial charge in [-0.05, 0) is 52.0 Å². The maximum Gasteiger partial charge on any atom is 0.260 e. The van der Waals surface area contributed by atoms with Crippen LogP contribution in [0.25, 0.3) is 0 Å². The molecule has 2 rings (SSSR count). The van der Waals surface area contributed by atoms with E-state index in [1.807, 2.05) is 12.1 Å². The molecule has 1 aromatic rings. The second-order valence-electron chi connectivity index (χ2n) is 5.28. The van der Waals surface area contributed by atoms with Gasteiger partial charge in [0.15, 0.2) is 6.10 Å². The van der Waals surface area contributed by atoms with Crippen LogP contribution in [0, 0.1) is 0 Å². The van der Waals surface area contributed by atoms with Gasteiger partial charge in [-0.25, -0.2) is 0 Å². The molecule has 0 unspecified atom stereocenters. The third-order valence-electron chi connectivity index (χ3n) is 3.57. The number of hydrogen-bond donors (Lipinski definition) is 1. The zero-order valence-electron chi connectivity index (χ0n) is 11.9. The Bertz CT molecular complexity index is 459. The van der Waals surface area contributed by atoms with E-state index in [1.165, 1.54) is 0 Å². The summed E-state index contributed by atoms with van der Waals surface area (Å²) in [6.07, 6.45) is 1.43. The number of amides is 1. The summed E-state index contributed by atoms with van der Waals surface area (Å²) in [5.74, 6) is 0.458. The number of nitrogens with zero attached hydrogens (tertiary/aromatic N) is 1. The Morgan fingerprint density at radius 1 is 1.40 bits per heavy atom. The Balaban J connectivity index is 1.84. The van der Waals surface area contributed by atoms with E-state index >= 15 is 0 Å². The third kappa shape index (κ3) is 4.12. The van der Waals surface area contributed by atoms with Crippen molar-refractivity contribution in [2.45, 2.75) is 31.9 Å². The standard InChI is InChI=1S/C15H21ClN2O2/c1-11(20-14-6-4-3-5-13(14)16)15(19)17-12-7-9-18(2)10-8-12/h3-6,11-12H,7-10H2,1-2H3,(H,17,19)/t11-/m1/s1. The minimum absolute atomic E-state index is 0.0838. The van der Waals surface area contributed by atoms with Gasteiger partial charge in [0.2, 0.25) is 0 Å². The SMILES string of the molecule is C[C@@H](Oc1ccccc1Cl)C(=O)NC1CCN(C)CC1. The van der Waals surface area contributed by atoms with Gasteiger partial charge >= 0.3 is 0 Å². The summed E-state index contributed by atoms with van der Waals surface area (Å²) in [7, 11) is 2.10. The van der Waals surface area contributed by atoms with Gasteiger partial charge in [-0.2, -0.15) is 0 Å². The highest BCUT2D eigenvalue weighted by molar-refractivity contribution is 6.32. The predicted octanol–water partition coefficient (Wildman–Crippen LogP) is 2.32. The largest absolute Gasteiger partial charge is 0.479 e. The van der Waals surface area contributed by atoms with Gasteiger partial charge in [-0.15, -0.1) is 0 Å². The van der Waals surface area contributed by atoms with Crippen molar-refractivity contribution in [3.63, 3.8) is 0 Å². The molecule has 5 heteroatoms. The zero-order valence-corrected chi connectivity index (χ0v) is 12.7.